The SMILES string of the molecule is COc1ccc(C)c2sc(N(CC3CCCO3)C(=O)C3CCN(S(=O)(=O)c4ccc(Cl)s4)CC3)nc12. The molecule has 4 heterocycles. The van der Waals surface area contributed by atoms with Crippen molar-refractivity contribution in [2.24, 2.45) is 5.92 Å². The molecule has 2 saturated heterocycles. The van der Waals surface area contributed by atoms with Gasteiger partial charge in [-0.25, -0.2) is 13.4 Å². The molecule has 36 heavy (non-hydrogen) atoms. The number of halogens is 1. The van der Waals surface area contributed by atoms with Crippen LogP contribution in [0.5, 0.6) is 5.75 Å². The fourth-order valence-electron chi connectivity index (χ4n) is 4.76. The molecular weight excluding hydrogens is 542 g/mol. The Labute approximate surface area is 223 Å². The molecule has 0 aliphatic carbocycles. The highest BCUT2D eigenvalue weighted by atomic mass is 35.5. The number of benzene rings is 1. The molecule has 0 saturated carbocycles. The maximum atomic E-state index is 13.9. The summed E-state index contributed by atoms with van der Waals surface area (Å²) in [5.74, 6) is 0.354. The number of thiazole rings is 1. The smallest absolute Gasteiger partial charge is 0.252 e. The monoisotopic (exact) mass is 569 g/mol. The number of hydrogen-bond acceptors (Lipinski definition) is 8. The molecule has 2 aliphatic heterocycles. The molecule has 2 aromatic heterocycles. The van der Waals surface area contributed by atoms with Gasteiger partial charge in [-0.15, -0.1) is 11.3 Å². The van der Waals surface area contributed by atoms with Crippen molar-refractivity contribution >= 4 is 65.6 Å². The van der Waals surface area contributed by atoms with Crippen LogP contribution in [0.25, 0.3) is 10.2 Å². The molecule has 5 rings (SSSR count). The standard InChI is InChI=1S/C24H28ClN3O5S3/c1-15-5-6-18(32-2)21-22(15)35-24(26-21)28(14-17-4-3-13-33-17)23(29)16-9-11-27(12-10-16)36(30,31)20-8-7-19(25)34-20/h5-8,16-17H,3-4,9-14H2,1-2H3. The van der Waals surface area contributed by atoms with Gasteiger partial charge in [-0.2, -0.15) is 4.31 Å². The first-order valence-electron chi connectivity index (χ1n) is 11.9. The summed E-state index contributed by atoms with van der Waals surface area (Å²) in [6.45, 7) is 3.73. The second-order valence-electron chi connectivity index (χ2n) is 9.08. The predicted octanol–water partition coefficient (Wildman–Crippen LogP) is 4.94. The number of thiophene rings is 1. The van der Waals surface area contributed by atoms with Crippen molar-refractivity contribution in [3.8, 4) is 5.75 Å². The maximum absolute atomic E-state index is 13.9. The van der Waals surface area contributed by atoms with Crippen LogP contribution < -0.4 is 9.64 Å². The van der Waals surface area contributed by atoms with Gasteiger partial charge in [0.25, 0.3) is 10.0 Å². The molecule has 0 spiro atoms. The summed E-state index contributed by atoms with van der Waals surface area (Å²) >= 11 is 8.49. The summed E-state index contributed by atoms with van der Waals surface area (Å²) < 4.78 is 40.5. The molecule has 0 radical (unpaired) electrons. The quantitative estimate of drug-likeness (QED) is 0.400. The van der Waals surface area contributed by atoms with Crippen LogP contribution in [-0.4, -0.2) is 63.1 Å². The Bertz CT molecular complexity index is 1360. The van der Waals surface area contributed by atoms with Crippen LogP contribution >= 0.6 is 34.3 Å². The Hall–Kier alpha value is -1.76. The van der Waals surface area contributed by atoms with Crippen LogP contribution in [0.4, 0.5) is 5.13 Å². The van der Waals surface area contributed by atoms with Gasteiger partial charge in [-0.05, 0) is 56.4 Å². The highest BCUT2D eigenvalue weighted by Gasteiger charge is 2.36. The number of amides is 1. The Kier molecular flexibility index (Phi) is 7.58. The number of aromatic nitrogens is 1. The van der Waals surface area contributed by atoms with E-state index in [0.29, 0.717) is 41.2 Å². The van der Waals surface area contributed by atoms with E-state index in [0.717, 1.165) is 40.0 Å². The van der Waals surface area contributed by atoms with E-state index in [1.165, 1.54) is 21.7 Å². The normalized spacial score (nSPS) is 19.7. The zero-order valence-corrected chi connectivity index (χ0v) is 23.3. The lowest BCUT2D eigenvalue weighted by atomic mass is 9.96. The van der Waals surface area contributed by atoms with Crippen molar-refractivity contribution in [3.05, 3.63) is 34.2 Å². The summed E-state index contributed by atoms with van der Waals surface area (Å²) in [7, 11) is -2.00. The van der Waals surface area contributed by atoms with E-state index in [2.05, 4.69) is 0 Å². The molecule has 3 aromatic rings. The van der Waals surface area contributed by atoms with Crippen molar-refractivity contribution in [1.29, 1.82) is 0 Å². The second-order valence-corrected chi connectivity index (χ2v) is 13.9. The number of methoxy groups -OCH3 is 1. The third-order valence-electron chi connectivity index (χ3n) is 6.77. The number of ether oxygens (including phenoxy) is 2. The van der Waals surface area contributed by atoms with Gasteiger partial charge in [0.15, 0.2) is 5.13 Å². The molecule has 1 aromatic carbocycles. The Morgan fingerprint density at radius 2 is 2.00 bits per heavy atom. The molecular formula is C24H28ClN3O5S3. The first-order chi connectivity index (χ1) is 17.3. The molecule has 1 atom stereocenters. The van der Waals surface area contributed by atoms with Crippen LogP contribution in [-0.2, 0) is 19.6 Å². The summed E-state index contributed by atoms with van der Waals surface area (Å²) in [5, 5.41) is 0.626. The maximum Gasteiger partial charge on any atom is 0.252 e. The van der Waals surface area contributed by atoms with Gasteiger partial charge in [0.1, 0.15) is 15.5 Å². The molecule has 1 amide bonds. The largest absolute Gasteiger partial charge is 0.494 e. The van der Waals surface area contributed by atoms with Crippen molar-refractivity contribution in [1.82, 2.24) is 9.29 Å². The van der Waals surface area contributed by atoms with E-state index in [-0.39, 0.29) is 35.2 Å². The number of hydrogen-bond donors (Lipinski definition) is 0. The minimum Gasteiger partial charge on any atom is -0.494 e. The van der Waals surface area contributed by atoms with Gasteiger partial charge < -0.3 is 9.47 Å². The van der Waals surface area contributed by atoms with Crippen molar-refractivity contribution < 1.29 is 22.7 Å². The lowest BCUT2D eigenvalue weighted by molar-refractivity contribution is -0.123. The second kappa shape index (κ2) is 10.5. The molecule has 0 N–H and O–H groups in total. The Balaban J connectivity index is 1.38. The van der Waals surface area contributed by atoms with E-state index in [1.54, 1.807) is 18.1 Å². The van der Waals surface area contributed by atoms with Gasteiger partial charge in [0.2, 0.25) is 5.91 Å². The number of fused-ring (bicyclic) bond motifs is 1. The van der Waals surface area contributed by atoms with Crippen LogP contribution in [0, 0.1) is 12.8 Å². The number of carbonyl (C=O) groups excluding carboxylic acids is 1. The van der Waals surface area contributed by atoms with Gasteiger partial charge in [0, 0.05) is 25.6 Å². The van der Waals surface area contributed by atoms with Crippen molar-refractivity contribution in [2.75, 3.05) is 38.3 Å². The zero-order chi connectivity index (χ0) is 25.4. The summed E-state index contributed by atoms with van der Waals surface area (Å²) in [5.41, 5.74) is 1.82. The van der Waals surface area contributed by atoms with Gasteiger partial charge in [-0.3, -0.25) is 9.69 Å². The van der Waals surface area contributed by atoms with E-state index in [9.17, 15) is 13.2 Å². The van der Waals surface area contributed by atoms with E-state index in [1.807, 2.05) is 19.1 Å². The highest BCUT2D eigenvalue weighted by molar-refractivity contribution is 7.91. The zero-order valence-electron chi connectivity index (χ0n) is 20.1. The average Bonchev–Trinajstić information content (AvgIpc) is 3.64. The number of carbonyl (C=O) groups is 1. The summed E-state index contributed by atoms with van der Waals surface area (Å²) in [6.07, 6.45) is 2.74. The minimum atomic E-state index is -3.61. The Morgan fingerprint density at radius 1 is 1.22 bits per heavy atom. The van der Waals surface area contributed by atoms with Crippen LogP contribution in [0.2, 0.25) is 4.34 Å². The number of nitrogens with zero attached hydrogens (tertiary/aromatic N) is 3. The fourth-order valence-corrected chi connectivity index (χ4v) is 8.93. The first-order valence-corrected chi connectivity index (χ1v) is 15.4. The van der Waals surface area contributed by atoms with Crippen molar-refractivity contribution in [3.63, 3.8) is 0 Å². The predicted molar refractivity (Wildman–Crippen MR) is 143 cm³/mol. The molecule has 1 unspecified atom stereocenters. The molecule has 2 aliphatic rings. The summed E-state index contributed by atoms with van der Waals surface area (Å²) in [6, 6.07) is 7.01. The number of rotatable bonds is 7. The number of piperidine rings is 1. The molecule has 194 valence electrons. The third-order valence-corrected chi connectivity index (χ3v) is 11.6. The van der Waals surface area contributed by atoms with Gasteiger partial charge in [-0.1, -0.05) is 29.0 Å². The summed E-state index contributed by atoms with van der Waals surface area (Å²) in [4.78, 5) is 20.4. The van der Waals surface area contributed by atoms with Crippen LogP contribution in [0.3, 0.4) is 0 Å². The molecule has 2 fully saturated rings. The molecule has 12 heteroatoms. The molecule has 0 bridgehead atoms. The fraction of sp³-hybridized carbons (Fsp3) is 0.500. The highest BCUT2D eigenvalue weighted by Crippen LogP contribution is 2.38. The lowest BCUT2D eigenvalue weighted by Crippen LogP contribution is -2.46. The van der Waals surface area contributed by atoms with Crippen LogP contribution in [0.1, 0.15) is 31.2 Å². The first kappa shape index (κ1) is 25.9. The van der Waals surface area contributed by atoms with E-state index < -0.39 is 10.0 Å². The minimum absolute atomic E-state index is 0.0302. The van der Waals surface area contributed by atoms with E-state index >= 15 is 0 Å². The van der Waals surface area contributed by atoms with Crippen molar-refractivity contribution in [2.45, 2.75) is 42.9 Å². The topological polar surface area (TPSA) is 89.0 Å². The number of sulfonamides is 1. The van der Waals surface area contributed by atoms with Gasteiger partial charge >= 0.3 is 0 Å². The number of aryl methyl sites for hydroxylation is 1. The average molecular weight is 570 g/mol. The Morgan fingerprint density at radius 3 is 2.64 bits per heavy atom. The third kappa shape index (κ3) is 5.01. The van der Waals surface area contributed by atoms with Gasteiger partial charge in [0.05, 0.1) is 28.8 Å². The molecule has 8 nitrogen and oxygen atoms in total. The van der Waals surface area contributed by atoms with Crippen LogP contribution in [0.15, 0.2) is 28.5 Å². The lowest BCUT2D eigenvalue weighted by Gasteiger charge is -2.33. The van der Waals surface area contributed by atoms with E-state index in [4.69, 9.17) is 26.1 Å². The number of anilines is 1.